The first-order chi connectivity index (χ1) is 10.7. The van der Waals surface area contributed by atoms with Gasteiger partial charge in [0.15, 0.2) is 0 Å². The van der Waals surface area contributed by atoms with Crippen LogP contribution in [0.4, 0.5) is 0 Å². The van der Waals surface area contributed by atoms with Crippen molar-refractivity contribution in [3.8, 4) is 0 Å². The largest absolute Gasteiger partial charge is 0.359 e. The van der Waals surface area contributed by atoms with Crippen molar-refractivity contribution in [3.05, 3.63) is 0 Å². The summed E-state index contributed by atoms with van der Waals surface area (Å²) in [7, 11) is 1.57. The molecule has 1 aliphatic heterocycles. The van der Waals surface area contributed by atoms with Crippen LogP contribution in [0, 0.1) is 0 Å². The van der Waals surface area contributed by atoms with Gasteiger partial charge in [0.25, 0.3) is 0 Å². The van der Waals surface area contributed by atoms with E-state index in [4.69, 9.17) is 0 Å². The van der Waals surface area contributed by atoms with Gasteiger partial charge in [0, 0.05) is 38.0 Å². The molecule has 8 heteroatoms. The molecule has 0 saturated carbocycles. The van der Waals surface area contributed by atoms with E-state index in [1.54, 1.807) is 7.05 Å². The Kier molecular flexibility index (Phi) is 7.84. The molecular formula is C15H28N4O3S. The minimum atomic E-state index is -0.351. The van der Waals surface area contributed by atoms with E-state index < -0.39 is 0 Å². The van der Waals surface area contributed by atoms with Crippen LogP contribution < -0.4 is 16.0 Å². The Labute approximate surface area is 142 Å². The molecule has 3 amide bonds. The minimum absolute atomic E-state index is 0.0458. The summed E-state index contributed by atoms with van der Waals surface area (Å²) in [5, 5.41) is 8.56. The summed E-state index contributed by atoms with van der Waals surface area (Å²) >= 11 is 1.34. The van der Waals surface area contributed by atoms with Gasteiger partial charge < -0.3 is 15.5 Å². The van der Waals surface area contributed by atoms with Crippen molar-refractivity contribution in [1.82, 2.24) is 20.9 Å². The molecule has 1 fully saturated rings. The highest BCUT2D eigenvalue weighted by atomic mass is 32.2. The van der Waals surface area contributed by atoms with Crippen molar-refractivity contribution in [1.29, 1.82) is 0 Å². The van der Waals surface area contributed by atoms with E-state index in [1.165, 1.54) is 11.8 Å². The first-order valence-electron chi connectivity index (χ1n) is 7.93. The van der Waals surface area contributed by atoms with Crippen molar-refractivity contribution < 1.29 is 14.4 Å². The Morgan fingerprint density at radius 1 is 1.30 bits per heavy atom. The zero-order chi connectivity index (χ0) is 17.6. The Balaban J connectivity index is 2.54. The van der Waals surface area contributed by atoms with Gasteiger partial charge >= 0.3 is 0 Å². The van der Waals surface area contributed by atoms with E-state index in [0.29, 0.717) is 0 Å². The molecule has 1 rings (SSSR count). The number of nitrogens with one attached hydrogen (secondary N) is 3. The van der Waals surface area contributed by atoms with Crippen LogP contribution in [0.3, 0.4) is 0 Å². The summed E-state index contributed by atoms with van der Waals surface area (Å²) in [6.07, 6.45) is 0.515. The second-order valence-electron chi connectivity index (χ2n) is 6.19. The van der Waals surface area contributed by atoms with Crippen LogP contribution in [0.25, 0.3) is 0 Å². The van der Waals surface area contributed by atoms with Gasteiger partial charge in [0.05, 0.1) is 5.75 Å². The summed E-state index contributed by atoms with van der Waals surface area (Å²) in [4.78, 5) is 37.4. The van der Waals surface area contributed by atoms with Gasteiger partial charge in [-0.2, -0.15) is 0 Å². The number of carbonyl (C=O) groups is 3. The van der Waals surface area contributed by atoms with Crippen LogP contribution in [-0.2, 0) is 14.4 Å². The highest BCUT2D eigenvalue weighted by Crippen LogP contribution is 2.16. The van der Waals surface area contributed by atoms with Crippen LogP contribution in [0.1, 0.15) is 40.5 Å². The highest BCUT2D eigenvalue weighted by Gasteiger charge is 2.29. The highest BCUT2D eigenvalue weighted by molar-refractivity contribution is 8.00. The van der Waals surface area contributed by atoms with Gasteiger partial charge in [-0.25, -0.2) is 0 Å². The van der Waals surface area contributed by atoms with E-state index in [2.05, 4.69) is 16.0 Å². The monoisotopic (exact) mass is 344 g/mol. The predicted octanol–water partition coefficient (Wildman–Crippen LogP) is 0.263. The smallest absolute Gasteiger partial charge is 0.233 e. The van der Waals surface area contributed by atoms with Crippen molar-refractivity contribution in [2.45, 2.75) is 64.2 Å². The number of thioether (sulfide) groups is 1. The van der Waals surface area contributed by atoms with Crippen LogP contribution in [-0.4, -0.2) is 59.0 Å². The third kappa shape index (κ3) is 6.39. The molecule has 2 unspecified atom stereocenters. The average Bonchev–Trinajstić information content (AvgIpc) is 2.43. The lowest BCUT2D eigenvalue weighted by molar-refractivity contribution is -0.132. The minimum Gasteiger partial charge on any atom is -0.359 e. The molecule has 0 aromatic rings. The van der Waals surface area contributed by atoms with Gasteiger partial charge in [-0.1, -0.05) is 0 Å². The predicted molar refractivity (Wildman–Crippen MR) is 91.7 cm³/mol. The Bertz CT molecular complexity index is 434. The van der Waals surface area contributed by atoms with Gasteiger partial charge in [-0.3, -0.25) is 19.7 Å². The number of amides is 3. The third-order valence-electron chi connectivity index (χ3n) is 3.60. The summed E-state index contributed by atoms with van der Waals surface area (Å²) in [6.45, 7) is 7.95. The van der Waals surface area contributed by atoms with Crippen LogP contribution in [0.2, 0.25) is 0 Å². The van der Waals surface area contributed by atoms with Gasteiger partial charge in [-0.05, 0) is 27.7 Å². The summed E-state index contributed by atoms with van der Waals surface area (Å²) < 4.78 is 0. The zero-order valence-corrected chi connectivity index (χ0v) is 15.3. The molecule has 1 aliphatic rings. The first-order valence-corrected chi connectivity index (χ1v) is 8.98. The Hall–Kier alpha value is -1.28. The molecule has 0 radical (unpaired) electrons. The van der Waals surface area contributed by atoms with Crippen molar-refractivity contribution in [2.75, 3.05) is 12.8 Å². The number of carbonyl (C=O) groups excluding carboxylic acids is 3. The quantitative estimate of drug-likeness (QED) is 0.616. The summed E-state index contributed by atoms with van der Waals surface area (Å²) in [6, 6.07) is 0.0682. The maximum absolute atomic E-state index is 12.4. The normalized spacial score (nSPS) is 21.3. The topological polar surface area (TPSA) is 90.5 Å². The number of hydrogen-bond donors (Lipinski definition) is 3. The fourth-order valence-corrected chi connectivity index (χ4v) is 3.65. The third-order valence-corrected chi connectivity index (χ3v) is 4.60. The number of rotatable bonds is 7. The molecule has 23 heavy (non-hydrogen) atoms. The lowest BCUT2D eigenvalue weighted by Gasteiger charge is -2.33. The second kappa shape index (κ2) is 9.12. The van der Waals surface area contributed by atoms with Gasteiger partial charge in [-0.15, -0.1) is 11.8 Å². The molecule has 0 spiro atoms. The van der Waals surface area contributed by atoms with Crippen molar-refractivity contribution >= 4 is 29.5 Å². The van der Waals surface area contributed by atoms with Crippen LogP contribution >= 0.6 is 11.8 Å². The fraction of sp³-hybridized carbons (Fsp3) is 0.800. The molecule has 7 nitrogen and oxygen atoms in total. The van der Waals surface area contributed by atoms with E-state index in [1.807, 2.05) is 32.6 Å². The van der Waals surface area contributed by atoms with Crippen LogP contribution in [0.15, 0.2) is 0 Å². The fourth-order valence-electron chi connectivity index (χ4n) is 2.69. The van der Waals surface area contributed by atoms with E-state index in [-0.39, 0.29) is 59.9 Å². The molecule has 1 saturated heterocycles. The molecule has 132 valence electrons. The lowest BCUT2D eigenvalue weighted by atomic mass is 10.1. The van der Waals surface area contributed by atoms with Gasteiger partial charge in [0.1, 0.15) is 5.50 Å². The second-order valence-corrected chi connectivity index (χ2v) is 7.29. The Morgan fingerprint density at radius 2 is 1.91 bits per heavy atom. The van der Waals surface area contributed by atoms with Crippen LogP contribution in [0.5, 0.6) is 0 Å². The van der Waals surface area contributed by atoms with Crippen molar-refractivity contribution in [2.24, 2.45) is 0 Å². The van der Waals surface area contributed by atoms with Gasteiger partial charge in [0.2, 0.25) is 17.7 Å². The summed E-state index contributed by atoms with van der Waals surface area (Å²) in [5.41, 5.74) is -0.351. The SMILES string of the molecule is CNC(=O)CC1CC(=O)NC(SCC(=O)N(C(C)C)C(C)C)N1. The summed E-state index contributed by atoms with van der Waals surface area (Å²) in [5.74, 6) is 0.112. The number of hydrogen-bond acceptors (Lipinski definition) is 5. The molecule has 2 atom stereocenters. The molecule has 0 bridgehead atoms. The molecule has 0 aromatic carbocycles. The number of nitrogens with zero attached hydrogens (tertiary/aromatic N) is 1. The zero-order valence-electron chi connectivity index (χ0n) is 14.5. The molecule has 0 aliphatic carbocycles. The Morgan fingerprint density at radius 3 is 2.43 bits per heavy atom. The maximum Gasteiger partial charge on any atom is 0.233 e. The van der Waals surface area contributed by atoms with Crippen molar-refractivity contribution in [3.63, 3.8) is 0 Å². The first kappa shape index (κ1) is 19.8. The molecule has 0 aromatic heterocycles. The molecular weight excluding hydrogens is 316 g/mol. The standard InChI is InChI=1S/C15H28N4O3S/c1-9(2)19(10(3)4)14(22)8-23-15-17-11(6-12(20)16-5)7-13(21)18-15/h9-11,15,17H,6-8H2,1-5H3,(H,16,20)(H,18,21). The van der Waals surface area contributed by atoms with E-state index >= 15 is 0 Å². The maximum atomic E-state index is 12.4. The average molecular weight is 344 g/mol. The van der Waals surface area contributed by atoms with E-state index in [0.717, 1.165) is 0 Å². The van der Waals surface area contributed by atoms with E-state index in [9.17, 15) is 14.4 Å². The molecule has 1 heterocycles. The molecule has 3 N–H and O–H groups in total. The lowest BCUT2D eigenvalue weighted by Crippen LogP contribution is -2.56.